The lowest BCUT2D eigenvalue weighted by atomic mass is 9.83. The average molecular weight is 267 g/mol. The van der Waals surface area contributed by atoms with Crippen molar-refractivity contribution in [1.29, 1.82) is 5.26 Å². The Morgan fingerprint density at radius 2 is 1.95 bits per heavy atom. The Labute approximate surface area is 110 Å². The Morgan fingerprint density at radius 1 is 1.37 bits per heavy atom. The summed E-state index contributed by atoms with van der Waals surface area (Å²) in [4.78, 5) is 11.6. The monoisotopic (exact) mass is 267 g/mol. The van der Waals surface area contributed by atoms with Crippen LogP contribution in [-0.4, -0.2) is 12.6 Å². The standard InChI is InChI=1S/C14H15F2NO2/c1-3-19-12(18)13(2,10-17)9-14(15,16)11-7-5-4-6-8-11/h4-8H,3,9H2,1-2H3. The lowest BCUT2D eigenvalue weighted by Crippen LogP contribution is -2.34. The summed E-state index contributed by atoms with van der Waals surface area (Å²) in [6.07, 6.45) is -0.903. The van der Waals surface area contributed by atoms with Crippen molar-refractivity contribution in [3.8, 4) is 6.07 Å². The molecule has 0 aliphatic carbocycles. The third-order valence-electron chi connectivity index (χ3n) is 2.74. The summed E-state index contributed by atoms with van der Waals surface area (Å²) < 4.78 is 32.8. The van der Waals surface area contributed by atoms with Crippen LogP contribution in [-0.2, 0) is 15.5 Å². The SMILES string of the molecule is CCOC(=O)C(C)(C#N)CC(F)(F)c1ccccc1. The van der Waals surface area contributed by atoms with Crippen LogP contribution in [0.25, 0.3) is 0 Å². The summed E-state index contributed by atoms with van der Waals surface area (Å²) >= 11 is 0. The normalized spacial score (nSPS) is 14.3. The van der Waals surface area contributed by atoms with Crippen molar-refractivity contribution in [2.24, 2.45) is 5.41 Å². The van der Waals surface area contributed by atoms with E-state index in [4.69, 9.17) is 5.26 Å². The maximum absolute atomic E-state index is 14.1. The topological polar surface area (TPSA) is 50.1 Å². The van der Waals surface area contributed by atoms with E-state index in [1.54, 1.807) is 19.1 Å². The Balaban J connectivity index is 2.98. The molecule has 0 aromatic heterocycles. The number of halogens is 2. The summed E-state index contributed by atoms with van der Waals surface area (Å²) in [5.41, 5.74) is -2.09. The van der Waals surface area contributed by atoms with Crippen molar-refractivity contribution in [2.75, 3.05) is 6.61 Å². The molecule has 0 aliphatic heterocycles. The maximum Gasteiger partial charge on any atom is 0.326 e. The Kier molecular flexibility index (Phi) is 4.60. The number of benzene rings is 1. The van der Waals surface area contributed by atoms with Gasteiger partial charge in [0.25, 0.3) is 5.92 Å². The van der Waals surface area contributed by atoms with E-state index >= 15 is 0 Å². The number of alkyl halides is 2. The zero-order valence-corrected chi connectivity index (χ0v) is 10.8. The minimum Gasteiger partial charge on any atom is -0.465 e. The first-order chi connectivity index (χ1) is 8.85. The second-order valence-electron chi connectivity index (χ2n) is 4.41. The minimum absolute atomic E-state index is 0.0486. The minimum atomic E-state index is -3.27. The Bertz CT molecular complexity index is 482. The fraction of sp³-hybridized carbons (Fsp3) is 0.429. The fourth-order valence-electron chi connectivity index (χ4n) is 1.68. The molecule has 0 amide bonds. The van der Waals surface area contributed by atoms with Gasteiger partial charge in [-0.1, -0.05) is 30.3 Å². The first-order valence-corrected chi connectivity index (χ1v) is 5.87. The predicted octanol–water partition coefficient (Wildman–Crippen LogP) is 3.26. The molecule has 19 heavy (non-hydrogen) atoms. The highest BCUT2D eigenvalue weighted by molar-refractivity contribution is 5.79. The van der Waals surface area contributed by atoms with Gasteiger partial charge in [0.2, 0.25) is 0 Å². The first kappa shape index (κ1) is 15.1. The molecule has 1 rings (SSSR count). The number of rotatable bonds is 5. The predicted molar refractivity (Wildman–Crippen MR) is 65.3 cm³/mol. The number of nitrogens with zero attached hydrogens (tertiary/aromatic N) is 1. The highest BCUT2D eigenvalue weighted by Crippen LogP contribution is 2.40. The van der Waals surface area contributed by atoms with Gasteiger partial charge < -0.3 is 4.74 Å². The van der Waals surface area contributed by atoms with Crippen LogP contribution in [0, 0.1) is 16.7 Å². The number of carbonyl (C=O) groups excluding carboxylic acids is 1. The van der Waals surface area contributed by atoms with Crippen molar-refractivity contribution >= 4 is 5.97 Å². The van der Waals surface area contributed by atoms with Crippen LogP contribution >= 0.6 is 0 Å². The molecule has 0 saturated carbocycles. The van der Waals surface area contributed by atoms with Crippen molar-refractivity contribution in [3.05, 3.63) is 35.9 Å². The first-order valence-electron chi connectivity index (χ1n) is 5.87. The highest BCUT2D eigenvalue weighted by atomic mass is 19.3. The molecule has 0 bridgehead atoms. The van der Waals surface area contributed by atoms with E-state index in [0.29, 0.717) is 0 Å². The quantitative estimate of drug-likeness (QED) is 0.769. The number of hydrogen-bond acceptors (Lipinski definition) is 3. The molecular formula is C14H15F2NO2. The summed E-state index contributed by atoms with van der Waals surface area (Å²) in [5, 5.41) is 9.01. The Hall–Kier alpha value is -1.96. The van der Waals surface area contributed by atoms with Crippen molar-refractivity contribution < 1.29 is 18.3 Å². The van der Waals surface area contributed by atoms with Gasteiger partial charge in [-0.25, -0.2) is 8.78 Å². The number of hydrogen-bond donors (Lipinski definition) is 0. The molecule has 1 aromatic carbocycles. The van der Waals surface area contributed by atoms with Gasteiger partial charge in [-0.3, -0.25) is 4.79 Å². The fourth-order valence-corrected chi connectivity index (χ4v) is 1.68. The van der Waals surface area contributed by atoms with Gasteiger partial charge in [0.15, 0.2) is 5.41 Å². The molecule has 0 heterocycles. The van der Waals surface area contributed by atoms with Gasteiger partial charge in [-0.15, -0.1) is 0 Å². The van der Waals surface area contributed by atoms with E-state index in [0.717, 1.165) is 0 Å². The lowest BCUT2D eigenvalue weighted by molar-refractivity contribution is -0.156. The molecule has 102 valence electrons. The molecule has 1 unspecified atom stereocenters. The number of nitriles is 1. The van der Waals surface area contributed by atoms with Gasteiger partial charge in [-0.05, 0) is 13.8 Å². The van der Waals surface area contributed by atoms with E-state index in [-0.39, 0.29) is 12.2 Å². The third-order valence-corrected chi connectivity index (χ3v) is 2.74. The van der Waals surface area contributed by atoms with Crippen LogP contribution in [0.4, 0.5) is 8.78 Å². The average Bonchev–Trinajstić information content (AvgIpc) is 2.39. The second kappa shape index (κ2) is 5.79. The van der Waals surface area contributed by atoms with Crippen molar-refractivity contribution in [1.82, 2.24) is 0 Å². The van der Waals surface area contributed by atoms with Crippen LogP contribution in [0.2, 0.25) is 0 Å². The smallest absolute Gasteiger partial charge is 0.326 e. The van der Waals surface area contributed by atoms with Gasteiger partial charge in [-0.2, -0.15) is 5.26 Å². The van der Waals surface area contributed by atoms with Crippen LogP contribution in [0.1, 0.15) is 25.8 Å². The van der Waals surface area contributed by atoms with E-state index < -0.39 is 23.7 Å². The van der Waals surface area contributed by atoms with Crippen LogP contribution in [0.5, 0.6) is 0 Å². The maximum atomic E-state index is 14.1. The zero-order chi connectivity index (χ0) is 14.5. The summed E-state index contributed by atoms with van der Waals surface area (Å²) in [7, 11) is 0. The molecule has 0 saturated heterocycles. The zero-order valence-electron chi connectivity index (χ0n) is 10.8. The number of esters is 1. The summed E-state index contributed by atoms with van der Waals surface area (Å²) in [5.74, 6) is -4.19. The molecule has 1 atom stereocenters. The van der Waals surface area contributed by atoms with Crippen molar-refractivity contribution in [3.63, 3.8) is 0 Å². The third kappa shape index (κ3) is 3.50. The van der Waals surface area contributed by atoms with Crippen LogP contribution in [0.3, 0.4) is 0 Å². The highest BCUT2D eigenvalue weighted by Gasteiger charge is 2.46. The van der Waals surface area contributed by atoms with Gasteiger partial charge in [0, 0.05) is 12.0 Å². The molecule has 5 heteroatoms. The van der Waals surface area contributed by atoms with E-state index in [2.05, 4.69) is 4.74 Å². The molecular weight excluding hydrogens is 252 g/mol. The number of ether oxygens (including phenoxy) is 1. The molecule has 3 nitrogen and oxygen atoms in total. The van der Waals surface area contributed by atoms with Crippen LogP contribution < -0.4 is 0 Å². The molecule has 1 aromatic rings. The summed E-state index contributed by atoms with van der Waals surface area (Å²) in [6, 6.07) is 8.75. The van der Waals surface area contributed by atoms with Crippen molar-refractivity contribution in [2.45, 2.75) is 26.2 Å². The van der Waals surface area contributed by atoms with Gasteiger partial charge in [0.1, 0.15) is 0 Å². The molecule has 0 fully saturated rings. The molecule has 0 radical (unpaired) electrons. The Morgan fingerprint density at radius 3 is 2.42 bits per heavy atom. The van der Waals surface area contributed by atoms with Crippen LogP contribution in [0.15, 0.2) is 30.3 Å². The van der Waals surface area contributed by atoms with Gasteiger partial charge >= 0.3 is 5.97 Å². The molecule has 0 aliphatic rings. The largest absolute Gasteiger partial charge is 0.465 e. The molecule has 0 spiro atoms. The van der Waals surface area contributed by atoms with Gasteiger partial charge in [0.05, 0.1) is 12.7 Å². The number of carbonyl (C=O) groups is 1. The van der Waals surface area contributed by atoms with E-state index in [1.807, 2.05) is 0 Å². The van der Waals surface area contributed by atoms with E-state index in [9.17, 15) is 13.6 Å². The lowest BCUT2D eigenvalue weighted by Gasteiger charge is -2.25. The summed E-state index contributed by atoms with van der Waals surface area (Å²) in [6.45, 7) is 2.78. The van der Waals surface area contributed by atoms with E-state index in [1.165, 1.54) is 31.2 Å². The molecule has 0 N–H and O–H groups in total. The second-order valence-corrected chi connectivity index (χ2v) is 4.41.